The van der Waals surface area contributed by atoms with E-state index in [-0.39, 0.29) is 0 Å². The summed E-state index contributed by atoms with van der Waals surface area (Å²) in [6.45, 7) is 2.29. The molecule has 0 aliphatic heterocycles. The molecule has 0 saturated carbocycles. The molecule has 0 saturated heterocycles. The summed E-state index contributed by atoms with van der Waals surface area (Å²) in [5.41, 5.74) is 18.4. The fraction of sp³-hybridized carbons (Fsp3) is 0.0492. The lowest BCUT2D eigenvalue weighted by Gasteiger charge is -2.28. The van der Waals surface area contributed by atoms with E-state index in [1.54, 1.807) is 0 Å². The van der Waals surface area contributed by atoms with E-state index in [2.05, 4.69) is 247 Å². The van der Waals surface area contributed by atoms with Crippen LogP contribution in [0.1, 0.15) is 30.6 Å². The zero-order valence-electron chi connectivity index (χ0n) is 35.5. The lowest BCUT2D eigenvalue weighted by Crippen LogP contribution is -2.11. The van der Waals surface area contributed by atoms with Gasteiger partial charge in [-0.05, 0) is 94.8 Å². The van der Waals surface area contributed by atoms with Crippen LogP contribution in [0.15, 0.2) is 229 Å². The summed E-state index contributed by atoms with van der Waals surface area (Å²) in [6.07, 6.45) is 5.40. The molecule has 0 bridgehead atoms. The minimum absolute atomic E-state index is 0.430. The number of allylic oxidation sites excluding steroid dienone is 1. The van der Waals surface area contributed by atoms with Crippen LogP contribution in [0.2, 0.25) is 0 Å². The van der Waals surface area contributed by atoms with Crippen molar-refractivity contribution in [2.45, 2.75) is 19.3 Å². The maximum Gasteiger partial charge on any atom is 0.142 e. The lowest BCUT2D eigenvalue weighted by atomic mass is 9.90. The first kappa shape index (κ1) is 37.6. The summed E-state index contributed by atoms with van der Waals surface area (Å²) < 4.78 is 8.98. The second kappa shape index (κ2) is 15.6. The molecule has 1 atom stereocenters. The summed E-state index contributed by atoms with van der Waals surface area (Å²) in [5, 5.41) is 3.73. The van der Waals surface area contributed by atoms with E-state index in [9.17, 15) is 0 Å². The second-order valence-corrected chi connectivity index (χ2v) is 16.9. The minimum atomic E-state index is 0.430. The third-order valence-electron chi connectivity index (χ3n) is 13.1. The Morgan fingerprint density at radius 1 is 0.438 bits per heavy atom. The standard InChI is InChI=1S/C61H44N2O/c1-41-15-13-28-59-60(41)54-23-14-22-51(61(54)64-59)46-35-39-48(40-36-46)62(47-37-33-43(34-38-47)42-16-3-2-4-17-42)55-24-9-5-18-49(55)44-29-31-45(32-30-44)50-19-6-10-25-56(50)63-57-26-11-7-20-52(57)53-21-8-12-27-58(53)63/h2-14,16-41H,15H2,1H3. The number of hydrogen-bond donors (Lipinski definition) is 0. The number of rotatable bonds is 8. The molecule has 11 aromatic rings. The molecule has 0 N–H and O–H groups in total. The molecule has 1 aliphatic carbocycles. The van der Waals surface area contributed by atoms with Crippen molar-refractivity contribution in [3.8, 4) is 50.2 Å². The first-order valence-electron chi connectivity index (χ1n) is 22.2. The molecule has 304 valence electrons. The van der Waals surface area contributed by atoms with E-state index < -0.39 is 0 Å². The highest BCUT2D eigenvalue weighted by molar-refractivity contribution is 6.10. The van der Waals surface area contributed by atoms with Gasteiger partial charge in [-0.2, -0.15) is 0 Å². The normalized spacial score (nSPS) is 13.4. The van der Waals surface area contributed by atoms with Crippen LogP contribution >= 0.6 is 0 Å². The van der Waals surface area contributed by atoms with Gasteiger partial charge in [0, 0.05) is 49.8 Å². The molecule has 1 aliphatic rings. The van der Waals surface area contributed by atoms with Crippen molar-refractivity contribution in [1.29, 1.82) is 0 Å². The van der Waals surface area contributed by atoms with Gasteiger partial charge in [-0.1, -0.05) is 183 Å². The van der Waals surface area contributed by atoms with Gasteiger partial charge in [-0.3, -0.25) is 0 Å². The van der Waals surface area contributed by atoms with Crippen LogP contribution in [-0.4, -0.2) is 4.57 Å². The number of furan rings is 1. The Kier molecular flexibility index (Phi) is 9.19. The minimum Gasteiger partial charge on any atom is -0.456 e. The fourth-order valence-electron chi connectivity index (χ4n) is 10.0. The molecule has 0 radical (unpaired) electrons. The summed E-state index contributed by atoms with van der Waals surface area (Å²) in [7, 11) is 0. The topological polar surface area (TPSA) is 21.3 Å². The Labute approximate surface area is 373 Å². The Hall–Kier alpha value is -8.14. The number of aromatic nitrogens is 1. The van der Waals surface area contributed by atoms with E-state index in [0.29, 0.717) is 5.92 Å². The number of nitrogens with zero attached hydrogens (tertiary/aromatic N) is 2. The van der Waals surface area contributed by atoms with E-state index in [1.165, 1.54) is 55.0 Å². The predicted octanol–water partition coefficient (Wildman–Crippen LogP) is 17.2. The molecule has 2 heterocycles. The van der Waals surface area contributed by atoms with E-state index >= 15 is 0 Å². The van der Waals surface area contributed by atoms with Crippen molar-refractivity contribution in [2.75, 3.05) is 4.90 Å². The highest BCUT2D eigenvalue weighted by Crippen LogP contribution is 2.45. The fourth-order valence-corrected chi connectivity index (χ4v) is 10.0. The molecule has 2 aromatic heterocycles. The van der Waals surface area contributed by atoms with Gasteiger partial charge in [0.15, 0.2) is 0 Å². The first-order chi connectivity index (χ1) is 31.7. The van der Waals surface area contributed by atoms with Gasteiger partial charge in [0.2, 0.25) is 0 Å². The molecule has 0 amide bonds. The molecule has 64 heavy (non-hydrogen) atoms. The molecule has 3 heteroatoms. The van der Waals surface area contributed by atoms with Gasteiger partial charge in [0.05, 0.1) is 22.4 Å². The average Bonchev–Trinajstić information content (AvgIpc) is 3.92. The van der Waals surface area contributed by atoms with Gasteiger partial charge in [-0.15, -0.1) is 0 Å². The maximum atomic E-state index is 6.57. The van der Waals surface area contributed by atoms with Gasteiger partial charge in [0.25, 0.3) is 0 Å². The molecular weight excluding hydrogens is 777 g/mol. The van der Waals surface area contributed by atoms with Gasteiger partial charge < -0.3 is 13.9 Å². The Bertz CT molecular complexity index is 3470. The zero-order chi connectivity index (χ0) is 42.6. The van der Waals surface area contributed by atoms with Crippen LogP contribution in [-0.2, 0) is 0 Å². The number of hydrogen-bond acceptors (Lipinski definition) is 2. The summed E-state index contributed by atoms with van der Waals surface area (Å²) >= 11 is 0. The second-order valence-electron chi connectivity index (χ2n) is 16.9. The van der Waals surface area contributed by atoms with E-state index in [1.807, 2.05) is 0 Å². The van der Waals surface area contributed by atoms with Crippen LogP contribution < -0.4 is 4.90 Å². The molecule has 1 unspecified atom stereocenters. The van der Waals surface area contributed by atoms with Crippen molar-refractivity contribution in [3.05, 3.63) is 236 Å². The van der Waals surface area contributed by atoms with E-state index in [4.69, 9.17) is 4.42 Å². The molecule has 3 nitrogen and oxygen atoms in total. The Balaban J connectivity index is 0.947. The molecule has 0 spiro atoms. The van der Waals surface area contributed by atoms with E-state index in [0.717, 1.165) is 62.8 Å². The third kappa shape index (κ3) is 6.36. The Morgan fingerprint density at radius 3 is 1.64 bits per heavy atom. The number of fused-ring (bicyclic) bond motifs is 6. The summed E-state index contributed by atoms with van der Waals surface area (Å²) in [5.74, 6) is 1.42. The van der Waals surface area contributed by atoms with Gasteiger partial charge in [0.1, 0.15) is 11.3 Å². The average molecular weight is 821 g/mol. The van der Waals surface area contributed by atoms with Crippen molar-refractivity contribution < 1.29 is 4.42 Å². The Morgan fingerprint density at radius 2 is 0.938 bits per heavy atom. The van der Waals surface area contributed by atoms with Crippen molar-refractivity contribution >= 4 is 55.9 Å². The highest BCUT2D eigenvalue weighted by Gasteiger charge is 2.23. The van der Waals surface area contributed by atoms with Gasteiger partial charge >= 0.3 is 0 Å². The zero-order valence-corrected chi connectivity index (χ0v) is 35.5. The summed E-state index contributed by atoms with van der Waals surface area (Å²) in [4.78, 5) is 2.39. The molecule has 9 aromatic carbocycles. The molecule has 0 fully saturated rings. The van der Waals surface area contributed by atoms with Crippen LogP contribution in [0.5, 0.6) is 0 Å². The largest absolute Gasteiger partial charge is 0.456 e. The summed E-state index contributed by atoms with van der Waals surface area (Å²) in [6, 6.07) is 79.1. The molecule has 12 rings (SSSR count). The quantitative estimate of drug-likeness (QED) is 0.152. The van der Waals surface area contributed by atoms with Crippen molar-refractivity contribution in [3.63, 3.8) is 0 Å². The maximum absolute atomic E-state index is 6.57. The predicted molar refractivity (Wildman–Crippen MR) is 269 cm³/mol. The number of anilines is 3. The monoisotopic (exact) mass is 820 g/mol. The van der Waals surface area contributed by atoms with Gasteiger partial charge in [-0.25, -0.2) is 0 Å². The first-order valence-corrected chi connectivity index (χ1v) is 22.2. The highest BCUT2D eigenvalue weighted by atomic mass is 16.3. The van der Waals surface area contributed by atoms with Crippen LogP contribution in [0.4, 0.5) is 17.1 Å². The number of para-hydroxylation sites is 5. The van der Waals surface area contributed by atoms with Crippen LogP contribution in [0.25, 0.3) is 89.0 Å². The third-order valence-corrected chi connectivity index (χ3v) is 13.1. The number of benzene rings is 9. The van der Waals surface area contributed by atoms with Crippen LogP contribution in [0, 0.1) is 0 Å². The smallest absolute Gasteiger partial charge is 0.142 e. The van der Waals surface area contributed by atoms with Crippen LogP contribution in [0.3, 0.4) is 0 Å². The SMILES string of the molecule is CC1CC=Cc2oc3c(-c4ccc(N(c5ccc(-c6ccccc6)cc5)c5ccccc5-c5ccc(-c6ccccc6-n6c7ccccc7c7ccccc76)cc5)cc4)cccc3c21. The van der Waals surface area contributed by atoms with Crippen molar-refractivity contribution in [1.82, 2.24) is 4.57 Å². The lowest BCUT2D eigenvalue weighted by molar-refractivity contribution is 0.587. The molecular formula is C61H44N2O. The van der Waals surface area contributed by atoms with Crippen molar-refractivity contribution in [2.24, 2.45) is 0 Å².